The number of thioether (sulfide) groups is 1. The number of unbranched alkanes of at least 4 members (excludes halogenated alkanes) is 1. The Morgan fingerprint density at radius 1 is 1.13 bits per heavy atom. The molecule has 1 aromatic heterocycles. The van der Waals surface area contributed by atoms with Crippen LogP contribution in [0.1, 0.15) is 31.6 Å². The molecule has 0 bridgehead atoms. The molecule has 0 saturated heterocycles. The number of hydrogen-bond donors (Lipinski definition) is 2. The van der Waals surface area contributed by atoms with Gasteiger partial charge in [0.2, 0.25) is 16.8 Å². The molecule has 0 saturated carbocycles. The van der Waals surface area contributed by atoms with E-state index < -0.39 is 6.23 Å². The molecule has 0 spiro atoms. The number of aromatic nitrogens is 3. The normalized spacial score (nSPS) is 14.5. The standard InChI is InChI=1S/C22H24N4O4S/c1-4-5-10-31-22-24-21-18(25-26-22)14-8-6-7-9-15(14)23-20(30-21)13-11-16(28-2)19(27)17(12-13)29-3/h6-9,11-12,20,23,27H,4-5,10H2,1-3H3. The molecule has 1 aliphatic rings. The zero-order chi connectivity index (χ0) is 21.8. The first kappa shape index (κ1) is 21.0. The Bertz CT molecular complexity index is 1050. The van der Waals surface area contributed by atoms with Crippen LogP contribution in [0.2, 0.25) is 0 Å². The molecule has 0 fully saturated rings. The van der Waals surface area contributed by atoms with Crippen LogP contribution in [0.5, 0.6) is 23.1 Å². The maximum Gasteiger partial charge on any atom is 0.247 e. The van der Waals surface area contributed by atoms with Gasteiger partial charge in [-0.3, -0.25) is 0 Å². The number of nitrogens with zero attached hydrogens (tertiary/aromatic N) is 3. The average molecular weight is 441 g/mol. The maximum absolute atomic E-state index is 10.3. The summed E-state index contributed by atoms with van der Waals surface area (Å²) in [6.45, 7) is 2.15. The summed E-state index contributed by atoms with van der Waals surface area (Å²) in [6, 6.07) is 11.2. The molecule has 2 N–H and O–H groups in total. The van der Waals surface area contributed by atoms with E-state index in [2.05, 4.69) is 27.4 Å². The van der Waals surface area contributed by atoms with Gasteiger partial charge in [-0.15, -0.1) is 10.2 Å². The quantitative estimate of drug-likeness (QED) is 0.401. The number of benzene rings is 2. The van der Waals surface area contributed by atoms with Gasteiger partial charge in [0.15, 0.2) is 23.4 Å². The molecule has 1 atom stereocenters. The minimum atomic E-state index is -0.615. The number of rotatable bonds is 7. The number of anilines is 1. The number of methoxy groups -OCH3 is 2. The number of para-hydroxylation sites is 1. The van der Waals surface area contributed by atoms with Crippen molar-refractivity contribution in [3.63, 3.8) is 0 Å². The van der Waals surface area contributed by atoms with Gasteiger partial charge in [-0.1, -0.05) is 43.3 Å². The summed E-state index contributed by atoms with van der Waals surface area (Å²) in [4.78, 5) is 4.64. The van der Waals surface area contributed by atoms with Crippen LogP contribution in [0.25, 0.3) is 11.3 Å². The third kappa shape index (κ3) is 4.32. The molecule has 9 heteroatoms. The first-order chi connectivity index (χ1) is 15.1. The molecule has 162 valence electrons. The Morgan fingerprint density at radius 2 is 1.87 bits per heavy atom. The fraction of sp³-hybridized carbons (Fsp3) is 0.318. The number of hydrogen-bond acceptors (Lipinski definition) is 9. The molecular formula is C22H24N4O4S. The highest BCUT2D eigenvalue weighted by atomic mass is 32.2. The third-order valence-electron chi connectivity index (χ3n) is 4.87. The molecule has 31 heavy (non-hydrogen) atoms. The molecule has 0 aliphatic carbocycles. The number of aromatic hydroxyl groups is 1. The van der Waals surface area contributed by atoms with Crippen LogP contribution in [0, 0.1) is 0 Å². The molecule has 4 rings (SSSR count). The summed E-state index contributed by atoms with van der Waals surface area (Å²) >= 11 is 1.56. The molecule has 0 radical (unpaired) electrons. The lowest BCUT2D eigenvalue weighted by molar-refractivity contribution is 0.223. The molecule has 8 nitrogen and oxygen atoms in total. The van der Waals surface area contributed by atoms with Gasteiger partial charge < -0.3 is 24.6 Å². The molecule has 2 aromatic carbocycles. The van der Waals surface area contributed by atoms with Gasteiger partial charge >= 0.3 is 0 Å². The van der Waals surface area contributed by atoms with E-state index in [1.165, 1.54) is 14.2 Å². The number of ether oxygens (including phenoxy) is 3. The Hall–Kier alpha value is -3.20. The van der Waals surface area contributed by atoms with Gasteiger partial charge in [0.25, 0.3) is 0 Å². The lowest BCUT2D eigenvalue weighted by atomic mass is 10.1. The van der Waals surface area contributed by atoms with E-state index in [0.29, 0.717) is 22.3 Å². The van der Waals surface area contributed by atoms with E-state index in [0.717, 1.165) is 29.8 Å². The highest BCUT2D eigenvalue weighted by Gasteiger charge is 2.27. The van der Waals surface area contributed by atoms with E-state index in [-0.39, 0.29) is 17.2 Å². The first-order valence-corrected chi connectivity index (χ1v) is 11.0. The van der Waals surface area contributed by atoms with Crippen molar-refractivity contribution in [2.24, 2.45) is 0 Å². The van der Waals surface area contributed by atoms with Crippen molar-refractivity contribution in [1.82, 2.24) is 15.2 Å². The highest BCUT2D eigenvalue weighted by molar-refractivity contribution is 7.99. The van der Waals surface area contributed by atoms with Crippen molar-refractivity contribution >= 4 is 17.4 Å². The van der Waals surface area contributed by atoms with Crippen molar-refractivity contribution < 1.29 is 19.3 Å². The summed E-state index contributed by atoms with van der Waals surface area (Å²) in [7, 11) is 2.97. The number of phenols is 1. The lowest BCUT2D eigenvalue weighted by Gasteiger charge is -2.21. The summed E-state index contributed by atoms with van der Waals surface area (Å²) in [5, 5.41) is 23.0. The summed E-state index contributed by atoms with van der Waals surface area (Å²) < 4.78 is 16.9. The van der Waals surface area contributed by atoms with Crippen LogP contribution in [0.3, 0.4) is 0 Å². The third-order valence-corrected chi connectivity index (χ3v) is 5.79. The zero-order valence-corrected chi connectivity index (χ0v) is 18.4. The SMILES string of the molecule is CCCCSc1nnc2c(n1)OC(c1cc(OC)c(O)c(OC)c1)Nc1ccccc1-2. The van der Waals surface area contributed by atoms with Gasteiger partial charge in [-0.25, -0.2) is 0 Å². The Morgan fingerprint density at radius 3 is 2.58 bits per heavy atom. The van der Waals surface area contributed by atoms with E-state index in [9.17, 15) is 5.11 Å². The van der Waals surface area contributed by atoms with Crippen LogP contribution in [-0.4, -0.2) is 40.3 Å². The minimum Gasteiger partial charge on any atom is -0.502 e. The number of phenolic OH excluding ortho intramolecular Hbond substituents is 1. The van der Waals surface area contributed by atoms with Gasteiger partial charge in [0, 0.05) is 22.6 Å². The first-order valence-electron chi connectivity index (χ1n) is 9.99. The van der Waals surface area contributed by atoms with Crippen LogP contribution in [0.4, 0.5) is 5.69 Å². The van der Waals surface area contributed by atoms with Gasteiger partial charge in [-0.2, -0.15) is 4.98 Å². The van der Waals surface area contributed by atoms with Gasteiger partial charge in [-0.05, 0) is 24.6 Å². The summed E-state index contributed by atoms with van der Waals surface area (Å²) in [5.74, 6) is 1.81. The van der Waals surface area contributed by atoms with Crippen molar-refractivity contribution in [3.8, 4) is 34.4 Å². The van der Waals surface area contributed by atoms with Crippen molar-refractivity contribution in [1.29, 1.82) is 0 Å². The largest absolute Gasteiger partial charge is 0.502 e. The molecule has 1 unspecified atom stereocenters. The summed E-state index contributed by atoms with van der Waals surface area (Å²) in [5.41, 5.74) is 2.96. The second-order valence-corrected chi connectivity index (χ2v) is 7.97. The average Bonchev–Trinajstić information content (AvgIpc) is 2.96. The lowest BCUT2D eigenvalue weighted by Crippen LogP contribution is -2.17. The smallest absolute Gasteiger partial charge is 0.247 e. The van der Waals surface area contributed by atoms with Gasteiger partial charge in [0.1, 0.15) is 0 Å². The molecular weight excluding hydrogens is 416 g/mol. The second-order valence-electron chi connectivity index (χ2n) is 6.91. The van der Waals surface area contributed by atoms with Crippen LogP contribution in [0.15, 0.2) is 41.6 Å². The minimum absolute atomic E-state index is 0.0678. The van der Waals surface area contributed by atoms with Crippen molar-refractivity contribution in [3.05, 3.63) is 42.0 Å². The van der Waals surface area contributed by atoms with E-state index in [1.54, 1.807) is 23.9 Å². The Balaban J connectivity index is 1.77. The molecule has 2 heterocycles. The Labute approximate surface area is 185 Å². The van der Waals surface area contributed by atoms with Crippen molar-refractivity contribution in [2.45, 2.75) is 31.1 Å². The van der Waals surface area contributed by atoms with Gasteiger partial charge in [0.05, 0.1) is 14.2 Å². The predicted octanol–water partition coefficient (Wildman–Crippen LogP) is 4.66. The van der Waals surface area contributed by atoms with Crippen LogP contribution < -0.4 is 19.5 Å². The van der Waals surface area contributed by atoms with Crippen molar-refractivity contribution in [2.75, 3.05) is 25.3 Å². The molecule has 0 amide bonds. The monoisotopic (exact) mass is 440 g/mol. The van der Waals surface area contributed by atoms with Crippen LogP contribution in [-0.2, 0) is 0 Å². The topological polar surface area (TPSA) is 98.6 Å². The van der Waals surface area contributed by atoms with Crippen LogP contribution >= 0.6 is 11.8 Å². The fourth-order valence-corrected chi connectivity index (χ4v) is 4.09. The number of fused-ring (bicyclic) bond motifs is 3. The van der Waals surface area contributed by atoms with E-state index >= 15 is 0 Å². The Kier molecular flexibility index (Phi) is 6.31. The molecule has 1 aliphatic heterocycles. The maximum atomic E-state index is 10.3. The fourth-order valence-electron chi connectivity index (χ4n) is 3.23. The highest BCUT2D eigenvalue weighted by Crippen LogP contribution is 2.43. The predicted molar refractivity (Wildman–Crippen MR) is 119 cm³/mol. The van der Waals surface area contributed by atoms with E-state index in [4.69, 9.17) is 14.2 Å². The second kappa shape index (κ2) is 9.30. The number of nitrogens with one attached hydrogen (secondary N) is 1. The molecule has 3 aromatic rings. The van der Waals surface area contributed by atoms with E-state index in [1.807, 2.05) is 24.3 Å². The zero-order valence-electron chi connectivity index (χ0n) is 17.6. The summed E-state index contributed by atoms with van der Waals surface area (Å²) in [6.07, 6.45) is 1.56.